The molecule has 3 aromatic carbocycles. The third kappa shape index (κ3) is 6.27. The van der Waals surface area contributed by atoms with E-state index in [1.165, 1.54) is 21.6 Å². The fourth-order valence-corrected chi connectivity index (χ4v) is 5.07. The number of hydrogen-bond acceptors (Lipinski definition) is 4. The molecule has 1 atom stereocenters. The number of amides is 1. The van der Waals surface area contributed by atoms with E-state index in [2.05, 4.69) is 56.3 Å². The normalized spacial score (nSPS) is 13.6. The zero-order valence-corrected chi connectivity index (χ0v) is 23.4. The molecule has 200 valence electrons. The molecule has 0 heterocycles. The van der Waals surface area contributed by atoms with Crippen LogP contribution in [-0.2, 0) is 20.7 Å². The van der Waals surface area contributed by atoms with Crippen molar-refractivity contribution in [3.05, 3.63) is 95.1 Å². The Morgan fingerprint density at radius 2 is 1.50 bits per heavy atom. The number of likely N-dealkylation sites (N-methyl/N-ethyl adjacent to an activating group) is 1. The average Bonchev–Trinajstić information content (AvgIpc) is 3.20. The third-order valence-corrected chi connectivity index (χ3v) is 7.09. The van der Waals surface area contributed by atoms with Crippen LogP contribution in [0.1, 0.15) is 75.1 Å². The molecule has 1 aliphatic rings. The Bertz CT molecular complexity index is 1240. The maximum Gasteiger partial charge on any atom is 0.410 e. The summed E-state index contributed by atoms with van der Waals surface area (Å²) in [5.41, 5.74) is 6.37. The Hall–Kier alpha value is -3.60. The monoisotopic (exact) mass is 513 g/mol. The number of rotatable bonds is 8. The quantitative estimate of drug-likeness (QED) is 0.296. The summed E-state index contributed by atoms with van der Waals surface area (Å²) < 4.78 is 11.5. The predicted octanol–water partition coefficient (Wildman–Crippen LogP) is 7.33. The molecule has 0 bridgehead atoms. The van der Waals surface area contributed by atoms with Gasteiger partial charge in [-0.25, -0.2) is 9.59 Å². The topological polar surface area (TPSA) is 55.8 Å². The summed E-state index contributed by atoms with van der Waals surface area (Å²) in [5, 5.41) is 0. The van der Waals surface area contributed by atoms with Crippen molar-refractivity contribution in [3.8, 4) is 11.1 Å². The van der Waals surface area contributed by atoms with Crippen molar-refractivity contribution in [1.29, 1.82) is 0 Å². The minimum atomic E-state index is -0.757. The van der Waals surface area contributed by atoms with Crippen molar-refractivity contribution in [1.82, 2.24) is 4.90 Å². The van der Waals surface area contributed by atoms with Crippen LogP contribution in [0, 0.1) is 0 Å². The number of benzene rings is 3. The maximum absolute atomic E-state index is 13.3. The van der Waals surface area contributed by atoms with Crippen LogP contribution in [0.2, 0.25) is 0 Å². The Balaban J connectivity index is 1.48. The van der Waals surface area contributed by atoms with E-state index < -0.39 is 23.7 Å². The molecule has 0 saturated heterocycles. The molecule has 0 aliphatic heterocycles. The molecule has 0 spiro atoms. The highest BCUT2D eigenvalue weighted by Gasteiger charge is 2.34. The lowest BCUT2D eigenvalue weighted by molar-refractivity contribution is -0.160. The van der Waals surface area contributed by atoms with Crippen molar-refractivity contribution in [2.24, 2.45) is 0 Å². The SMILES string of the molecule is CC(C)c1cccc(CCC(C(=O)OC(C)(C)C)N(C)C(=O)OCC2c3ccccc3-c3ccccc32)c1. The molecule has 5 nitrogen and oxygen atoms in total. The van der Waals surface area contributed by atoms with Gasteiger partial charge in [0.1, 0.15) is 18.2 Å². The fraction of sp³-hybridized carbons (Fsp3) is 0.394. The average molecular weight is 514 g/mol. The van der Waals surface area contributed by atoms with Crippen LogP contribution in [-0.4, -0.2) is 42.3 Å². The highest BCUT2D eigenvalue weighted by Crippen LogP contribution is 2.44. The molecule has 1 aliphatic carbocycles. The van der Waals surface area contributed by atoms with E-state index in [0.29, 0.717) is 18.8 Å². The Labute approximate surface area is 226 Å². The number of nitrogens with zero attached hydrogens (tertiary/aromatic N) is 1. The fourth-order valence-electron chi connectivity index (χ4n) is 5.07. The number of hydrogen-bond donors (Lipinski definition) is 0. The molecule has 0 fully saturated rings. The van der Waals surface area contributed by atoms with Gasteiger partial charge < -0.3 is 9.47 Å². The molecular formula is C33H39NO4. The van der Waals surface area contributed by atoms with Gasteiger partial charge in [0.05, 0.1) is 0 Å². The second kappa shape index (κ2) is 11.4. The first-order valence-electron chi connectivity index (χ1n) is 13.4. The summed E-state index contributed by atoms with van der Waals surface area (Å²) >= 11 is 0. The zero-order chi connectivity index (χ0) is 27.4. The number of fused-ring (bicyclic) bond motifs is 3. The molecule has 0 radical (unpaired) electrons. The smallest absolute Gasteiger partial charge is 0.410 e. The standard InChI is InChI=1S/C33H39NO4/c1-22(2)24-13-11-12-23(20-24)18-19-30(31(35)38-33(3,4)5)34(6)32(36)37-21-29-27-16-9-7-14-25(27)26-15-8-10-17-28(26)29/h7-17,20,22,29-30H,18-19,21H2,1-6H3. The summed E-state index contributed by atoms with van der Waals surface area (Å²) in [7, 11) is 1.62. The van der Waals surface area contributed by atoms with Gasteiger partial charge >= 0.3 is 12.1 Å². The second-order valence-corrected chi connectivity index (χ2v) is 11.4. The lowest BCUT2D eigenvalue weighted by Crippen LogP contribution is -2.46. The minimum Gasteiger partial charge on any atom is -0.458 e. The van der Waals surface area contributed by atoms with E-state index in [9.17, 15) is 9.59 Å². The van der Waals surface area contributed by atoms with Gasteiger partial charge in [0.15, 0.2) is 0 Å². The van der Waals surface area contributed by atoms with E-state index in [1.54, 1.807) is 7.05 Å². The predicted molar refractivity (Wildman–Crippen MR) is 151 cm³/mol. The largest absolute Gasteiger partial charge is 0.458 e. The van der Waals surface area contributed by atoms with Gasteiger partial charge in [0, 0.05) is 13.0 Å². The van der Waals surface area contributed by atoms with Crippen LogP contribution in [0.3, 0.4) is 0 Å². The summed E-state index contributed by atoms with van der Waals surface area (Å²) in [6, 6.07) is 24.1. The molecule has 1 unspecified atom stereocenters. The lowest BCUT2D eigenvalue weighted by Gasteiger charge is -2.30. The summed E-state index contributed by atoms with van der Waals surface area (Å²) in [6.45, 7) is 10.0. The Morgan fingerprint density at radius 1 is 0.895 bits per heavy atom. The van der Waals surface area contributed by atoms with Crippen molar-refractivity contribution in [2.75, 3.05) is 13.7 Å². The summed E-state index contributed by atoms with van der Waals surface area (Å²) in [6.07, 6.45) is 0.557. The number of carbonyl (C=O) groups excluding carboxylic acids is 2. The van der Waals surface area contributed by atoms with Gasteiger partial charge in [-0.1, -0.05) is 86.6 Å². The summed E-state index contributed by atoms with van der Waals surface area (Å²) in [5.74, 6) is -0.0490. The van der Waals surface area contributed by atoms with Gasteiger partial charge in [-0.3, -0.25) is 4.90 Å². The van der Waals surface area contributed by atoms with E-state index >= 15 is 0 Å². The van der Waals surface area contributed by atoms with Gasteiger partial charge in [0.25, 0.3) is 0 Å². The first kappa shape index (κ1) is 27.4. The number of esters is 1. The van der Waals surface area contributed by atoms with Crippen molar-refractivity contribution >= 4 is 12.1 Å². The third-order valence-electron chi connectivity index (χ3n) is 7.09. The molecule has 1 amide bonds. The van der Waals surface area contributed by atoms with E-state index in [4.69, 9.17) is 9.47 Å². The van der Waals surface area contributed by atoms with E-state index in [0.717, 1.165) is 16.7 Å². The summed E-state index contributed by atoms with van der Waals surface area (Å²) in [4.78, 5) is 27.9. The van der Waals surface area contributed by atoms with Crippen LogP contribution < -0.4 is 0 Å². The van der Waals surface area contributed by atoms with Crippen molar-refractivity contribution < 1.29 is 19.1 Å². The second-order valence-electron chi connectivity index (χ2n) is 11.4. The first-order chi connectivity index (χ1) is 18.0. The molecule has 0 aromatic heterocycles. The molecular weight excluding hydrogens is 474 g/mol. The first-order valence-corrected chi connectivity index (χ1v) is 13.4. The highest BCUT2D eigenvalue weighted by molar-refractivity contribution is 5.82. The number of carbonyl (C=O) groups is 2. The van der Waals surface area contributed by atoms with Crippen molar-refractivity contribution in [3.63, 3.8) is 0 Å². The van der Waals surface area contributed by atoms with Crippen LogP contribution in [0.25, 0.3) is 11.1 Å². The number of aryl methyl sites for hydroxylation is 1. The molecule has 3 aromatic rings. The van der Waals surface area contributed by atoms with E-state index in [1.807, 2.05) is 51.1 Å². The van der Waals surface area contributed by atoms with Crippen LogP contribution in [0.15, 0.2) is 72.8 Å². The zero-order valence-electron chi connectivity index (χ0n) is 23.4. The van der Waals surface area contributed by atoms with Gasteiger partial charge in [-0.15, -0.1) is 0 Å². The van der Waals surface area contributed by atoms with Gasteiger partial charge in [-0.2, -0.15) is 0 Å². The Morgan fingerprint density at radius 3 is 2.08 bits per heavy atom. The molecule has 5 heteroatoms. The molecule has 0 N–H and O–H groups in total. The van der Waals surface area contributed by atoms with Crippen LogP contribution in [0.5, 0.6) is 0 Å². The molecule has 0 saturated carbocycles. The molecule has 4 rings (SSSR count). The molecule has 38 heavy (non-hydrogen) atoms. The van der Waals surface area contributed by atoms with Gasteiger partial charge in [-0.05, 0) is 72.9 Å². The highest BCUT2D eigenvalue weighted by atomic mass is 16.6. The minimum absolute atomic E-state index is 0.0431. The maximum atomic E-state index is 13.3. The Kier molecular flexibility index (Phi) is 8.25. The van der Waals surface area contributed by atoms with E-state index in [-0.39, 0.29) is 12.5 Å². The van der Waals surface area contributed by atoms with Crippen LogP contribution in [0.4, 0.5) is 4.79 Å². The van der Waals surface area contributed by atoms with Gasteiger partial charge in [0.2, 0.25) is 0 Å². The number of ether oxygens (including phenoxy) is 2. The lowest BCUT2D eigenvalue weighted by atomic mass is 9.97. The van der Waals surface area contributed by atoms with Crippen molar-refractivity contribution in [2.45, 2.75) is 70.9 Å². The van der Waals surface area contributed by atoms with Crippen LogP contribution >= 0.6 is 0 Å².